The SMILES string of the molecule is Cc1nn(CC2OCCO2)c(C)c1C1COCCN1C. The first-order valence-corrected chi connectivity index (χ1v) is 7.22. The fourth-order valence-corrected chi connectivity index (χ4v) is 3.01. The molecule has 0 amide bonds. The van der Waals surface area contributed by atoms with Crippen molar-refractivity contribution < 1.29 is 14.2 Å². The summed E-state index contributed by atoms with van der Waals surface area (Å²) in [7, 11) is 2.15. The van der Waals surface area contributed by atoms with E-state index >= 15 is 0 Å². The van der Waals surface area contributed by atoms with Crippen LogP contribution in [0.25, 0.3) is 0 Å². The average molecular weight is 281 g/mol. The van der Waals surface area contributed by atoms with Gasteiger partial charge in [-0.25, -0.2) is 0 Å². The van der Waals surface area contributed by atoms with Crippen LogP contribution in [0.2, 0.25) is 0 Å². The van der Waals surface area contributed by atoms with Gasteiger partial charge in [-0.3, -0.25) is 9.58 Å². The molecule has 20 heavy (non-hydrogen) atoms. The molecule has 1 unspecified atom stereocenters. The summed E-state index contributed by atoms with van der Waals surface area (Å²) in [6.45, 7) is 8.70. The molecule has 0 spiro atoms. The second kappa shape index (κ2) is 5.81. The lowest BCUT2D eigenvalue weighted by molar-refractivity contribution is -0.0550. The molecule has 3 heterocycles. The maximum Gasteiger partial charge on any atom is 0.177 e. The fraction of sp³-hybridized carbons (Fsp3) is 0.786. The van der Waals surface area contributed by atoms with Gasteiger partial charge in [0.25, 0.3) is 0 Å². The maximum absolute atomic E-state index is 5.63. The third-order valence-corrected chi connectivity index (χ3v) is 4.18. The van der Waals surface area contributed by atoms with Gasteiger partial charge in [0.15, 0.2) is 6.29 Å². The smallest absolute Gasteiger partial charge is 0.177 e. The molecule has 2 fully saturated rings. The lowest BCUT2D eigenvalue weighted by atomic mass is 10.0. The Labute approximate surface area is 119 Å². The third kappa shape index (κ3) is 2.61. The number of ether oxygens (including phenoxy) is 3. The summed E-state index contributed by atoms with van der Waals surface area (Å²) in [4.78, 5) is 2.34. The first-order valence-electron chi connectivity index (χ1n) is 7.22. The van der Waals surface area contributed by atoms with E-state index in [1.807, 2.05) is 4.68 Å². The van der Waals surface area contributed by atoms with Crippen LogP contribution in [0, 0.1) is 13.8 Å². The molecule has 112 valence electrons. The molecule has 0 aliphatic carbocycles. The highest BCUT2D eigenvalue weighted by molar-refractivity contribution is 5.29. The molecule has 2 aliphatic rings. The van der Waals surface area contributed by atoms with Gasteiger partial charge in [0.05, 0.1) is 44.7 Å². The van der Waals surface area contributed by atoms with E-state index in [1.54, 1.807) is 0 Å². The number of likely N-dealkylation sites (N-methyl/N-ethyl adjacent to an activating group) is 1. The predicted octanol–water partition coefficient (Wildman–Crippen LogP) is 0.876. The van der Waals surface area contributed by atoms with Gasteiger partial charge in [-0.15, -0.1) is 0 Å². The van der Waals surface area contributed by atoms with Crippen LogP contribution in [0.1, 0.15) is 23.0 Å². The maximum atomic E-state index is 5.63. The molecule has 2 saturated heterocycles. The zero-order valence-electron chi connectivity index (χ0n) is 12.5. The van der Waals surface area contributed by atoms with Crippen molar-refractivity contribution >= 4 is 0 Å². The van der Waals surface area contributed by atoms with Crippen LogP contribution >= 0.6 is 0 Å². The van der Waals surface area contributed by atoms with Crippen molar-refractivity contribution in [2.75, 3.05) is 40.0 Å². The molecular formula is C14H23N3O3. The van der Waals surface area contributed by atoms with Crippen LogP contribution in [0.5, 0.6) is 0 Å². The highest BCUT2D eigenvalue weighted by Crippen LogP contribution is 2.28. The lowest BCUT2D eigenvalue weighted by Gasteiger charge is -2.32. The minimum Gasteiger partial charge on any atom is -0.378 e. The number of hydrogen-bond donors (Lipinski definition) is 0. The first kappa shape index (κ1) is 14.0. The molecule has 6 heteroatoms. The highest BCUT2D eigenvalue weighted by Gasteiger charge is 2.28. The van der Waals surface area contributed by atoms with E-state index in [1.165, 1.54) is 11.3 Å². The van der Waals surface area contributed by atoms with Crippen LogP contribution < -0.4 is 0 Å². The van der Waals surface area contributed by atoms with E-state index in [-0.39, 0.29) is 6.29 Å². The van der Waals surface area contributed by atoms with Crippen molar-refractivity contribution in [3.05, 3.63) is 17.0 Å². The number of nitrogens with zero attached hydrogens (tertiary/aromatic N) is 3. The molecule has 2 aliphatic heterocycles. The zero-order chi connectivity index (χ0) is 14.1. The van der Waals surface area contributed by atoms with Crippen LogP contribution in [0.15, 0.2) is 0 Å². The summed E-state index contributed by atoms with van der Waals surface area (Å²) in [5.74, 6) is 0. The Morgan fingerprint density at radius 3 is 2.65 bits per heavy atom. The van der Waals surface area contributed by atoms with E-state index in [9.17, 15) is 0 Å². The molecule has 3 rings (SSSR count). The Kier molecular flexibility index (Phi) is 4.07. The molecule has 0 bridgehead atoms. The molecule has 1 aromatic heterocycles. The van der Waals surface area contributed by atoms with Gasteiger partial charge in [0.2, 0.25) is 0 Å². The van der Waals surface area contributed by atoms with Crippen LogP contribution in [-0.4, -0.2) is 61.0 Å². The van der Waals surface area contributed by atoms with Crippen molar-refractivity contribution in [3.8, 4) is 0 Å². The molecule has 1 atom stereocenters. The van der Waals surface area contributed by atoms with Crippen molar-refractivity contribution in [1.29, 1.82) is 0 Å². The summed E-state index contributed by atoms with van der Waals surface area (Å²) in [5, 5.41) is 4.66. The van der Waals surface area contributed by atoms with Gasteiger partial charge in [0, 0.05) is 17.8 Å². The Morgan fingerprint density at radius 2 is 1.95 bits per heavy atom. The van der Waals surface area contributed by atoms with E-state index in [2.05, 4.69) is 30.9 Å². The molecule has 0 radical (unpaired) electrons. The third-order valence-electron chi connectivity index (χ3n) is 4.18. The first-order chi connectivity index (χ1) is 9.66. The van der Waals surface area contributed by atoms with Crippen LogP contribution in [0.3, 0.4) is 0 Å². The second-order valence-electron chi connectivity index (χ2n) is 5.51. The number of aromatic nitrogens is 2. The van der Waals surface area contributed by atoms with E-state index in [4.69, 9.17) is 14.2 Å². The van der Waals surface area contributed by atoms with Crippen molar-refractivity contribution in [1.82, 2.24) is 14.7 Å². The lowest BCUT2D eigenvalue weighted by Crippen LogP contribution is -2.37. The fourth-order valence-electron chi connectivity index (χ4n) is 3.01. The summed E-state index contributed by atoms with van der Waals surface area (Å²) in [6.07, 6.45) is -0.166. The predicted molar refractivity (Wildman–Crippen MR) is 73.6 cm³/mol. The number of morpholine rings is 1. The second-order valence-corrected chi connectivity index (χ2v) is 5.51. The van der Waals surface area contributed by atoms with E-state index in [0.717, 1.165) is 25.5 Å². The summed E-state index contributed by atoms with van der Waals surface area (Å²) >= 11 is 0. The van der Waals surface area contributed by atoms with Crippen molar-refractivity contribution in [2.24, 2.45) is 0 Å². The quantitative estimate of drug-likeness (QED) is 0.823. The van der Waals surface area contributed by atoms with Gasteiger partial charge in [-0.1, -0.05) is 0 Å². The Morgan fingerprint density at radius 1 is 1.20 bits per heavy atom. The van der Waals surface area contributed by atoms with Gasteiger partial charge in [-0.2, -0.15) is 5.10 Å². The Bertz CT molecular complexity index is 468. The standard InChI is InChI=1S/C14H23N3O3/c1-10-14(12-9-18-5-4-16(12)3)11(2)17(15-10)8-13-19-6-7-20-13/h12-13H,4-9H2,1-3H3. The monoisotopic (exact) mass is 281 g/mol. The number of aryl methyl sites for hydroxylation is 1. The Balaban J connectivity index is 1.82. The minimum atomic E-state index is -0.166. The van der Waals surface area contributed by atoms with Crippen LogP contribution in [-0.2, 0) is 20.8 Å². The summed E-state index contributed by atoms with van der Waals surface area (Å²) < 4.78 is 18.7. The highest BCUT2D eigenvalue weighted by atomic mass is 16.7. The number of hydrogen-bond acceptors (Lipinski definition) is 5. The van der Waals surface area contributed by atoms with E-state index < -0.39 is 0 Å². The van der Waals surface area contributed by atoms with Crippen LogP contribution in [0.4, 0.5) is 0 Å². The van der Waals surface area contributed by atoms with Gasteiger partial charge >= 0.3 is 0 Å². The van der Waals surface area contributed by atoms with Gasteiger partial charge in [0.1, 0.15) is 0 Å². The van der Waals surface area contributed by atoms with Crippen molar-refractivity contribution in [2.45, 2.75) is 32.7 Å². The molecule has 0 N–H and O–H groups in total. The van der Waals surface area contributed by atoms with E-state index in [0.29, 0.717) is 25.8 Å². The normalized spacial score (nSPS) is 25.4. The number of rotatable bonds is 3. The molecule has 1 aromatic rings. The molecular weight excluding hydrogens is 258 g/mol. The topological polar surface area (TPSA) is 48.8 Å². The average Bonchev–Trinajstić information content (AvgIpc) is 3.01. The largest absolute Gasteiger partial charge is 0.378 e. The molecule has 6 nitrogen and oxygen atoms in total. The molecule has 0 aromatic carbocycles. The van der Waals surface area contributed by atoms with Gasteiger partial charge in [-0.05, 0) is 20.9 Å². The Hall–Kier alpha value is -0.950. The van der Waals surface area contributed by atoms with Gasteiger partial charge < -0.3 is 14.2 Å². The molecule has 0 saturated carbocycles. The summed E-state index contributed by atoms with van der Waals surface area (Å²) in [5.41, 5.74) is 3.54. The zero-order valence-corrected chi connectivity index (χ0v) is 12.5. The summed E-state index contributed by atoms with van der Waals surface area (Å²) in [6, 6.07) is 0.294. The minimum absolute atomic E-state index is 0.166. The van der Waals surface area contributed by atoms with Crippen molar-refractivity contribution in [3.63, 3.8) is 0 Å².